The van der Waals surface area contributed by atoms with Crippen molar-refractivity contribution in [1.29, 1.82) is 0 Å². The monoisotopic (exact) mass is 310 g/mol. The summed E-state index contributed by atoms with van der Waals surface area (Å²) in [7, 11) is 0. The minimum absolute atomic E-state index is 0.116. The number of hydrogen-bond donors (Lipinski definition) is 1. The topological polar surface area (TPSA) is 41.6 Å². The predicted molar refractivity (Wildman–Crippen MR) is 90.0 cm³/mol. The lowest BCUT2D eigenvalue weighted by molar-refractivity contribution is 0.0120. The van der Waals surface area contributed by atoms with Crippen molar-refractivity contribution >= 4 is 6.09 Å². The molecular formula is C18H34N2O2. The van der Waals surface area contributed by atoms with Crippen LogP contribution < -0.4 is 5.32 Å². The van der Waals surface area contributed by atoms with Gasteiger partial charge < -0.3 is 15.0 Å². The Morgan fingerprint density at radius 2 is 1.95 bits per heavy atom. The number of nitrogens with zero attached hydrogens (tertiary/aromatic N) is 1. The van der Waals surface area contributed by atoms with Crippen molar-refractivity contribution in [1.82, 2.24) is 10.2 Å². The third-order valence-electron chi connectivity index (χ3n) is 4.57. The molecule has 4 nitrogen and oxygen atoms in total. The third kappa shape index (κ3) is 4.87. The molecule has 2 saturated heterocycles. The number of ether oxygens (including phenoxy) is 1. The highest BCUT2D eigenvalue weighted by Crippen LogP contribution is 2.38. The zero-order valence-corrected chi connectivity index (χ0v) is 15.3. The Hall–Kier alpha value is -0.770. The zero-order chi connectivity index (χ0) is 16.6. The van der Waals surface area contributed by atoms with E-state index in [1.165, 1.54) is 19.3 Å². The Morgan fingerprint density at radius 3 is 2.55 bits per heavy atom. The first-order valence-electron chi connectivity index (χ1n) is 8.71. The fraction of sp³-hybridized carbons (Fsp3) is 0.944. The molecule has 4 heteroatoms. The lowest BCUT2D eigenvalue weighted by atomic mass is 9.79. The molecule has 0 aliphatic carbocycles. The molecule has 2 unspecified atom stereocenters. The van der Waals surface area contributed by atoms with Gasteiger partial charge in [-0.3, -0.25) is 0 Å². The Balaban J connectivity index is 1.95. The molecular weight excluding hydrogens is 276 g/mol. The van der Waals surface area contributed by atoms with Gasteiger partial charge in [0, 0.05) is 18.6 Å². The van der Waals surface area contributed by atoms with Crippen LogP contribution in [-0.2, 0) is 4.74 Å². The van der Waals surface area contributed by atoms with Crippen molar-refractivity contribution in [2.45, 2.75) is 78.4 Å². The maximum Gasteiger partial charge on any atom is 0.410 e. The fourth-order valence-corrected chi connectivity index (χ4v) is 3.99. The van der Waals surface area contributed by atoms with E-state index in [1.54, 1.807) is 0 Å². The summed E-state index contributed by atoms with van der Waals surface area (Å²) in [6.07, 6.45) is 4.51. The second kappa shape index (κ2) is 6.03. The van der Waals surface area contributed by atoms with Gasteiger partial charge in [-0.1, -0.05) is 20.8 Å². The molecule has 2 aliphatic heterocycles. The average molecular weight is 310 g/mol. The van der Waals surface area contributed by atoms with E-state index >= 15 is 0 Å². The molecule has 2 heterocycles. The van der Waals surface area contributed by atoms with Gasteiger partial charge in [0.1, 0.15) is 5.60 Å². The second-order valence-corrected chi connectivity index (χ2v) is 9.50. The summed E-state index contributed by atoms with van der Waals surface area (Å²) in [4.78, 5) is 14.2. The van der Waals surface area contributed by atoms with Crippen LogP contribution in [0, 0.1) is 11.3 Å². The van der Waals surface area contributed by atoms with Crippen molar-refractivity contribution in [3.05, 3.63) is 0 Å². The summed E-state index contributed by atoms with van der Waals surface area (Å²) in [5, 5.41) is 3.74. The van der Waals surface area contributed by atoms with Crippen LogP contribution >= 0.6 is 0 Å². The molecule has 2 aliphatic rings. The third-order valence-corrected chi connectivity index (χ3v) is 4.57. The maximum atomic E-state index is 12.3. The van der Waals surface area contributed by atoms with Crippen LogP contribution in [0.5, 0.6) is 0 Å². The Labute approximate surface area is 136 Å². The fourth-order valence-electron chi connectivity index (χ4n) is 3.99. The standard InChI is InChI=1S/C18H34N2O2/c1-16(2,3)10-14-11-18(19-12-14)8-7-9-20(13-18)15(21)22-17(4,5)6/h14,19H,7-13H2,1-6H3. The molecule has 0 aromatic carbocycles. The van der Waals surface area contributed by atoms with Crippen LogP contribution in [0.4, 0.5) is 4.79 Å². The molecule has 128 valence electrons. The van der Waals surface area contributed by atoms with Crippen molar-refractivity contribution in [2.75, 3.05) is 19.6 Å². The first-order valence-corrected chi connectivity index (χ1v) is 8.71. The Kier molecular flexibility index (Phi) is 4.82. The van der Waals surface area contributed by atoms with Crippen LogP contribution in [0.25, 0.3) is 0 Å². The molecule has 2 atom stereocenters. The largest absolute Gasteiger partial charge is 0.444 e. The zero-order valence-electron chi connectivity index (χ0n) is 15.3. The summed E-state index contributed by atoms with van der Waals surface area (Å²) in [5.74, 6) is 0.721. The molecule has 2 rings (SSSR count). The highest BCUT2D eigenvalue weighted by atomic mass is 16.6. The van der Waals surface area contributed by atoms with Gasteiger partial charge in [0.15, 0.2) is 0 Å². The predicted octanol–water partition coefficient (Wildman–Crippen LogP) is 3.80. The highest BCUT2D eigenvalue weighted by molar-refractivity contribution is 5.68. The van der Waals surface area contributed by atoms with E-state index in [9.17, 15) is 4.79 Å². The number of amides is 1. The number of piperidine rings is 1. The maximum absolute atomic E-state index is 12.3. The van der Waals surface area contributed by atoms with Crippen LogP contribution in [0.2, 0.25) is 0 Å². The van der Waals surface area contributed by atoms with Crippen LogP contribution in [0.3, 0.4) is 0 Å². The van der Waals surface area contributed by atoms with Gasteiger partial charge in [0.25, 0.3) is 0 Å². The number of carbonyl (C=O) groups is 1. The first-order chi connectivity index (χ1) is 9.98. The summed E-state index contributed by atoms with van der Waals surface area (Å²) in [6, 6.07) is 0. The van der Waals surface area contributed by atoms with Gasteiger partial charge in [-0.15, -0.1) is 0 Å². The minimum atomic E-state index is -0.417. The van der Waals surface area contributed by atoms with Crippen molar-refractivity contribution < 1.29 is 9.53 Å². The van der Waals surface area contributed by atoms with E-state index in [1.807, 2.05) is 25.7 Å². The van der Waals surface area contributed by atoms with Gasteiger partial charge >= 0.3 is 6.09 Å². The van der Waals surface area contributed by atoms with Gasteiger partial charge in [0.05, 0.1) is 0 Å². The van der Waals surface area contributed by atoms with E-state index in [2.05, 4.69) is 26.1 Å². The smallest absolute Gasteiger partial charge is 0.410 e. The van der Waals surface area contributed by atoms with Crippen molar-refractivity contribution in [3.8, 4) is 0 Å². The molecule has 2 fully saturated rings. The second-order valence-electron chi connectivity index (χ2n) is 9.50. The number of hydrogen-bond acceptors (Lipinski definition) is 3. The number of carbonyl (C=O) groups excluding carboxylic acids is 1. The Morgan fingerprint density at radius 1 is 1.27 bits per heavy atom. The molecule has 0 bridgehead atoms. The lowest BCUT2D eigenvalue weighted by Gasteiger charge is -2.41. The van der Waals surface area contributed by atoms with Crippen molar-refractivity contribution in [3.63, 3.8) is 0 Å². The summed E-state index contributed by atoms with van der Waals surface area (Å²) >= 11 is 0. The number of likely N-dealkylation sites (tertiary alicyclic amines) is 1. The number of nitrogens with one attached hydrogen (secondary N) is 1. The normalized spacial score (nSPS) is 29.9. The molecule has 0 aromatic heterocycles. The van der Waals surface area contributed by atoms with E-state index < -0.39 is 5.60 Å². The number of rotatable bonds is 1. The van der Waals surface area contributed by atoms with E-state index in [4.69, 9.17) is 4.74 Å². The molecule has 0 saturated carbocycles. The van der Waals surface area contributed by atoms with Gasteiger partial charge in [-0.2, -0.15) is 0 Å². The summed E-state index contributed by atoms with van der Waals surface area (Å²) < 4.78 is 5.55. The molecule has 1 N–H and O–H groups in total. The molecule has 0 radical (unpaired) electrons. The molecule has 1 spiro atoms. The quantitative estimate of drug-likeness (QED) is 0.801. The summed E-state index contributed by atoms with van der Waals surface area (Å²) in [6.45, 7) is 15.4. The minimum Gasteiger partial charge on any atom is -0.444 e. The molecule has 1 amide bonds. The molecule has 22 heavy (non-hydrogen) atoms. The Bertz CT molecular complexity index is 408. The van der Waals surface area contributed by atoms with E-state index in [0.717, 1.165) is 32.0 Å². The van der Waals surface area contributed by atoms with E-state index in [0.29, 0.717) is 5.41 Å². The SMILES string of the molecule is CC(C)(C)CC1CNC2(CCCN(C(=O)OC(C)(C)C)C2)C1. The van der Waals surface area contributed by atoms with E-state index in [-0.39, 0.29) is 11.6 Å². The summed E-state index contributed by atoms with van der Waals surface area (Å²) in [5.41, 5.74) is 0.0715. The van der Waals surface area contributed by atoms with Crippen LogP contribution in [0.15, 0.2) is 0 Å². The van der Waals surface area contributed by atoms with Gasteiger partial charge in [-0.25, -0.2) is 4.79 Å². The highest BCUT2D eigenvalue weighted by Gasteiger charge is 2.44. The van der Waals surface area contributed by atoms with Gasteiger partial charge in [0.2, 0.25) is 0 Å². The van der Waals surface area contributed by atoms with Gasteiger partial charge in [-0.05, 0) is 64.3 Å². The molecule has 0 aromatic rings. The average Bonchev–Trinajstić information content (AvgIpc) is 2.67. The van der Waals surface area contributed by atoms with Crippen LogP contribution in [-0.4, -0.2) is 41.8 Å². The lowest BCUT2D eigenvalue weighted by Crippen LogP contribution is -2.56. The van der Waals surface area contributed by atoms with Crippen molar-refractivity contribution in [2.24, 2.45) is 11.3 Å². The first kappa shape index (κ1) is 17.6. The van der Waals surface area contributed by atoms with Crippen LogP contribution in [0.1, 0.15) is 67.2 Å².